The molecule has 6 nitrogen and oxygen atoms in total. The van der Waals surface area contributed by atoms with Crippen LogP contribution in [0, 0.1) is 13.8 Å². The number of H-pyrrole nitrogens is 1. The minimum Gasteiger partial charge on any atom is -0.451 e. The van der Waals surface area contributed by atoms with Crippen LogP contribution in [0.1, 0.15) is 39.7 Å². The van der Waals surface area contributed by atoms with E-state index in [2.05, 4.69) is 15.3 Å². The fraction of sp³-hybridized carbons (Fsp3) is 0.208. The lowest BCUT2D eigenvalue weighted by Gasteiger charge is -2.15. The summed E-state index contributed by atoms with van der Waals surface area (Å²) < 4.78 is 30.7. The summed E-state index contributed by atoms with van der Waals surface area (Å²) in [5.41, 5.74) is 2.04. The van der Waals surface area contributed by atoms with E-state index in [1.807, 2.05) is 13.8 Å². The number of rotatable bonds is 7. The minimum absolute atomic E-state index is 0.264. The number of halogens is 2. The van der Waals surface area contributed by atoms with Crippen molar-refractivity contribution in [3.63, 3.8) is 0 Å². The van der Waals surface area contributed by atoms with Gasteiger partial charge in [-0.1, -0.05) is 23.9 Å². The fourth-order valence-corrected chi connectivity index (χ4v) is 4.93. The number of hydrogen-bond donors (Lipinski definition) is 2. The summed E-state index contributed by atoms with van der Waals surface area (Å²) in [4.78, 5) is 34.8. The van der Waals surface area contributed by atoms with Gasteiger partial charge < -0.3 is 15.0 Å². The van der Waals surface area contributed by atoms with Crippen molar-refractivity contribution in [2.45, 2.75) is 37.5 Å². The standard InChI is InChI=1S/C24H21F2N3O3S2/c1-12-14(3)33-22-19(12)21(30)28-20(29-22)13(2)32-23(31)17-6-4-5-7-18(17)27-15-8-10-16(11-9-15)34-24(25)26/h4-11,13,24,27H,1-3H3,(H,28,29,30)/t13-/m0/s1. The first kappa shape index (κ1) is 23.9. The van der Waals surface area contributed by atoms with E-state index in [4.69, 9.17) is 4.74 Å². The molecule has 0 radical (unpaired) electrons. The zero-order valence-electron chi connectivity index (χ0n) is 18.5. The van der Waals surface area contributed by atoms with Crippen molar-refractivity contribution < 1.29 is 18.3 Å². The van der Waals surface area contributed by atoms with Crippen molar-refractivity contribution in [2.75, 3.05) is 5.32 Å². The molecule has 34 heavy (non-hydrogen) atoms. The highest BCUT2D eigenvalue weighted by Gasteiger charge is 2.20. The van der Waals surface area contributed by atoms with E-state index < -0.39 is 17.8 Å². The van der Waals surface area contributed by atoms with Gasteiger partial charge in [0, 0.05) is 15.5 Å². The maximum atomic E-state index is 13.0. The smallest absolute Gasteiger partial charge is 0.340 e. The van der Waals surface area contributed by atoms with Crippen LogP contribution in [0.3, 0.4) is 0 Å². The average Bonchev–Trinajstić information content (AvgIpc) is 3.08. The van der Waals surface area contributed by atoms with Crippen LogP contribution >= 0.6 is 23.1 Å². The first-order valence-corrected chi connectivity index (χ1v) is 12.0. The maximum absolute atomic E-state index is 13.0. The number of thiophene rings is 1. The third-order valence-corrected chi connectivity index (χ3v) is 7.06. The molecule has 10 heteroatoms. The van der Waals surface area contributed by atoms with Gasteiger partial charge in [-0.05, 0) is 62.7 Å². The van der Waals surface area contributed by atoms with Crippen molar-refractivity contribution in [2.24, 2.45) is 0 Å². The van der Waals surface area contributed by atoms with Crippen molar-refractivity contribution in [3.8, 4) is 0 Å². The maximum Gasteiger partial charge on any atom is 0.340 e. The van der Waals surface area contributed by atoms with Crippen LogP contribution in [0.25, 0.3) is 10.2 Å². The Morgan fingerprint density at radius 3 is 2.56 bits per heavy atom. The Morgan fingerprint density at radius 2 is 1.85 bits per heavy atom. The molecule has 0 bridgehead atoms. The summed E-state index contributed by atoms with van der Waals surface area (Å²) in [7, 11) is 0. The average molecular weight is 502 g/mol. The van der Waals surface area contributed by atoms with Crippen LogP contribution in [0.4, 0.5) is 20.2 Å². The highest BCUT2D eigenvalue weighted by molar-refractivity contribution is 7.99. The Kier molecular flexibility index (Phi) is 6.99. The Morgan fingerprint density at radius 1 is 1.15 bits per heavy atom. The fourth-order valence-electron chi connectivity index (χ4n) is 3.39. The number of aromatic nitrogens is 2. The number of alkyl halides is 2. The Labute approximate surface area is 202 Å². The number of hydrogen-bond acceptors (Lipinski definition) is 7. The number of para-hydroxylation sites is 1. The van der Waals surface area contributed by atoms with Gasteiger partial charge in [0.2, 0.25) is 0 Å². The lowest BCUT2D eigenvalue weighted by molar-refractivity contribution is 0.0321. The molecule has 2 N–H and O–H groups in total. The highest BCUT2D eigenvalue weighted by atomic mass is 32.2. The number of thioether (sulfide) groups is 1. The number of aromatic amines is 1. The second kappa shape index (κ2) is 9.94. The number of nitrogens with zero attached hydrogens (tertiary/aromatic N) is 1. The molecule has 0 aliphatic carbocycles. The lowest BCUT2D eigenvalue weighted by Crippen LogP contribution is -2.17. The number of benzene rings is 2. The van der Waals surface area contributed by atoms with Gasteiger partial charge in [0.05, 0.1) is 16.6 Å². The zero-order valence-corrected chi connectivity index (χ0v) is 20.2. The van der Waals surface area contributed by atoms with Gasteiger partial charge in [-0.2, -0.15) is 8.78 Å². The molecule has 0 saturated carbocycles. The molecule has 4 aromatic rings. The van der Waals surface area contributed by atoms with Crippen molar-refractivity contribution in [3.05, 3.63) is 80.7 Å². The molecule has 4 rings (SSSR count). The predicted molar refractivity (Wildman–Crippen MR) is 132 cm³/mol. The Hall–Kier alpha value is -3.24. The first-order chi connectivity index (χ1) is 16.2. The van der Waals surface area contributed by atoms with Crippen molar-refractivity contribution >= 4 is 50.7 Å². The SMILES string of the molecule is Cc1sc2nc([C@H](C)OC(=O)c3ccccc3Nc3ccc(SC(F)F)cc3)[nH]c(=O)c2c1C. The molecule has 0 saturated heterocycles. The van der Waals surface area contributed by atoms with Gasteiger partial charge in [-0.15, -0.1) is 11.3 Å². The van der Waals surface area contributed by atoms with E-state index in [-0.39, 0.29) is 16.9 Å². The summed E-state index contributed by atoms with van der Waals surface area (Å²) in [5, 5.41) is 3.67. The van der Waals surface area contributed by atoms with E-state index in [9.17, 15) is 18.4 Å². The van der Waals surface area contributed by atoms with E-state index in [0.717, 1.165) is 10.4 Å². The van der Waals surface area contributed by atoms with Gasteiger partial charge in [-0.25, -0.2) is 9.78 Å². The molecule has 176 valence electrons. The lowest BCUT2D eigenvalue weighted by atomic mass is 10.1. The highest BCUT2D eigenvalue weighted by Crippen LogP contribution is 2.29. The van der Waals surface area contributed by atoms with E-state index in [0.29, 0.717) is 38.2 Å². The van der Waals surface area contributed by atoms with Crippen LogP contribution in [-0.4, -0.2) is 21.7 Å². The van der Waals surface area contributed by atoms with E-state index >= 15 is 0 Å². The number of carbonyl (C=O) groups is 1. The van der Waals surface area contributed by atoms with Crippen molar-refractivity contribution in [1.82, 2.24) is 9.97 Å². The van der Waals surface area contributed by atoms with E-state index in [1.54, 1.807) is 55.5 Å². The molecular formula is C24H21F2N3O3S2. The number of carbonyl (C=O) groups excluding carboxylic acids is 1. The summed E-state index contributed by atoms with van der Waals surface area (Å²) in [6.07, 6.45) is -0.786. The first-order valence-electron chi connectivity index (χ1n) is 10.3. The van der Waals surface area contributed by atoms with Gasteiger partial charge in [0.25, 0.3) is 11.3 Å². The van der Waals surface area contributed by atoms with Crippen LogP contribution in [0.15, 0.2) is 58.2 Å². The molecule has 2 aromatic carbocycles. The Balaban J connectivity index is 1.53. The molecule has 0 amide bonds. The summed E-state index contributed by atoms with van der Waals surface area (Å²) in [5.74, 6) is -2.82. The van der Waals surface area contributed by atoms with Gasteiger partial charge >= 0.3 is 5.97 Å². The van der Waals surface area contributed by atoms with Crippen LogP contribution in [0.5, 0.6) is 0 Å². The Bertz CT molecular complexity index is 1400. The summed E-state index contributed by atoms with van der Waals surface area (Å²) >= 11 is 1.89. The number of esters is 1. The predicted octanol–water partition coefficient (Wildman–Crippen LogP) is 6.58. The van der Waals surface area contributed by atoms with Crippen LogP contribution < -0.4 is 10.9 Å². The molecular weight excluding hydrogens is 480 g/mol. The molecule has 1 atom stereocenters. The van der Waals surface area contributed by atoms with Crippen LogP contribution in [0.2, 0.25) is 0 Å². The third-order valence-electron chi connectivity index (χ3n) is 5.23. The molecule has 0 fully saturated rings. The number of nitrogens with one attached hydrogen (secondary N) is 2. The molecule has 0 aliphatic rings. The molecule has 0 aliphatic heterocycles. The summed E-state index contributed by atoms with van der Waals surface area (Å²) in [6, 6.07) is 13.3. The third kappa shape index (κ3) is 5.13. The second-order valence-corrected chi connectivity index (χ2v) is 9.80. The molecule has 2 heterocycles. The topological polar surface area (TPSA) is 84.1 Å². The normalized spacial score (nSPS) is 12.2. The molecule has 0 spiro atoms. The van der Waals surface area contributed by atoms with Crippen molar-refractivity contribution in [1.29, 1.82) is 0 Å². The van der Waals surface area contributed by atoms with Crippen LogP contribution in [-0.2, 0) is 4.74 Å². The minimum atomic E-state index is -2.49. The number of ether oxygens (including phenoxy) is 1. The quantitative estimate of drug-likeness (QED) is 0.220. The number of aryl methyl sites for hydroxylation is 2. The van der Waals surface area contributed by atoms with Gasteiger partial charge in [0.15, 0.2) is 11.9 Å². The number of fused-ring (bicyclic) bond motifs is 1. The second-order valence-electron chi connectivity index (χ2n) is 7.54. The largest absolute Gasteiger partial charge is 0.451 e. The van der Waals surface area contributed by atoms with Gasteiger partial charge in [0.1, 0.15) is 4.83 Å². The summed E-state index contributed by atoms with van der Waals surface area (Å²) in [6.45, 7) is 5.45. The molecule has 0 unspecified atom stereocenters. The molecule has 2 aromatic heterocycles. The van der Waals surface area contributed by atoms with E-state index in [1.165, 1.54) is 11.3 Å². The monoisotopic (exact) mass is 501 g/mol. The van der Waals surface area contributed by atoms with Gasteiger partial charge in [-0.3, -0.25) is 4.79 Å². The number of anilines is 2. The zero-order chi connectivity index (χ0) is 24.4.